The van der Waals surface area contributed by atoms with Crippen LogP contribution in [-0.2, 0) is 4.79 Å². The van der Waals surface area contributed by atoms with Crippen LogP contribution in [0, 0.1) is 5.82 Å². The number of carbonyl (C=O) groups excluding carboxylic acids is 2. The summed E-state index contributed by atoms with van der Waals surface area (Å²) in [6, 6.07) is 5.18. The number of urea groups is 1. The lowest BCUT2D eigenvalue weighted by Crippen LogP contribution is -2.41. The predicted octanol–water partition coefficient (Wildman–Crippen LogP) is 1.08. The van der Waals surface area contributed by atoms with Gasteiger partial charge in [0.1, 0.15) is 5.82 Å². The SMILES string of the molecule is CCNC(=O)NC(=O)CNc1cccc(F)c1. The van der Waals surface area contributed by atoms with Gasteiger partial charge in [-0.2, -0.15) is 0 Å². The Morgan fingerprint density at radius 2 is 2.12 bits per heavy atom. The van der Waals surface area contributed by atoms with Crippen molar-refractivity contribution in [2.75, 3.05) is 18.4 Å². The van der Waals surface area contributed by atoms with Gasteiger partial charge in [-0.25, -0.2) is 9.18 Å². The summed E-state index contributed by atoms with van der Waals surface area (Å²) in [5, 5.41) is 7.25. The molecule has 6 heteroatoms. The maximum absolute atomic E-state index is 12.8. The van der Waals surface area contributed by atoms with Crippen molar-refractivity contribution in [3.05, 3.63) is 30.1 Å². The minimum atomic E-state index is -0.543. The summed E-state index contributed by atoms with van der Waals surface area (Å²) in [4.78, 5) is 22.2. The third-order valence-electron chi connectivity index (χ3n) is 1.87. The third-order valence-corrected chi connectivity index (χ3v) is 1.87. The Morgan fingerprint density at radius 3 is 2.76 bits per heavy atom. The molecule has 17 heavy (non-hydrogen) atoms. The minimum absolute atomic E-state index is 0.0966. The van der Waals surface area contributed by atoms with Gasteiger partial charge in [0, 0.05) is 12.2 Å². The Balaban J connectivity index is 2.35. The van der Waals surface area contributed by atoms with Gasteiger partial charge in [-0.1, -0.05) is 6.07 Å². The van der Waals surface area contributed by atoms with Crippen LogP contribution in [0.4, 0.5) is 14.9 Å². The normalized spacial score (nSPS) is 9.53. The molecule has 3 N–H and O–H groups in total. The second-order valence-corrected chi connectivity index (χ2v) is 3.27. The maximum atomic E-state index is 12.8. The fourth-order valence-corrected chi connectivity index (χ4v) is 1.16. The maximum Gasteiger partial charge on any atom is 0.321 e. The Hall–Kier alpha value is -2.11. The van der Waals surface area contributed by atoms with Crippen molar-refractivity contribution in [2.45, 2.75) is 6.92 Å². The second-order valence-electron chi connectivity index (χ2n) is 3.27. The second kappa shape index (κ2) is 6.47. The van der Waals surface area contributed by atoms with Gasteiger partial charge in [0.2, 0.25) is 5.91 Å². The number of benzene rings is 1. The fraction of sp³-hybridized carbons (Fsp3) is 0.273. The largest absolute Gasteiger partial charge is 0.376 e. The summed E-state index contributed by atoms with van der Waals surface area (Å²) in [5.74, 6) is -0.876. The van der Waals surface area contributed by atoms with E-state index < -0.39 is 11.9 Å². The molecule has 0 saturated heterocycles. The van der Waals surface area contributed by atoms with Crippen molar-refractivity contribution in [1.29, 1.82) is 0 Å². The molecule has 0 atom stereocenters. The highest BCUT2D eigenvalue weighted by Gasteiger charge is 2.05. The lowest BCUT2D eigenvalue weighted by atomic mass is 10.3. The summed E-state index contributed by atoms with van der Waals surface area (Å²) < 4.78 is 12.8. The minimum Gasteiger partial charge on any atom is -0.376 e. The van der Waals surface area contributed by atoms with E-state index in [1.165, 1.54) is 18.2 Å². The van der Waals surface area contributed by atoms with Gasteiger partial charge < -0.3 is 10.6 Å². The van der Waals surface area contributed by atoms with Gasteiger partial charge in [-0.3, -0.25) is 10.1 Å². The van der Waals surface area contributed by atoms with E-state index in [0.29, 0.717) is 12.2 Å². The zero-order valence-corrected chi connectivity index (χ0v) is 9.42. The number of hydrogen-bond donors (Lipinski definition) is 3. The standard InChI is InChI=1S/C11H14FN3O2/c1-2-13-11(17)15-10(16)7-14-9-5-3-4-8(12)6-9/h3-6,14H,2,7H2,1H3,(H2,13,15,16,17). The molecule has 0 heterocycles. The van der Waals surface area contributed by atoms with E-state index in [0.717, 1.165) is 0 Å². The highest BCUT2D eigenvalue weighted by molar-refractivity contribution is 5.96. The average molecular weight is 239 g/mol. The number of anilines is 1. The molecule has 1 aromatic rings. The molecule has 92 valence electrons. The summed E-state index contributed by atoms with van der Waals surface area (Å²) in [6.07, 6.45) is 0. The molecule has 1 rings (SSSR count). The molecule has 0 aliphatic rings. The Labute approximate surface area is 98.4 Å². The molecular weight excluding hydrogens is 225 g/mol. The van der Waals surface area contributed by atoms with E-state index in [-0.39, 0.29) is 12.4 Å². The van der Waals surface area contributed by atoms with Crippen LogP contribution in [0.15, 0.2) is 24.3 Å². The number of imide groups is 1. The highest BCUT2D eigenvalue weighted by atomic mass is 19.1. The van der Waals surface area contributed by atoms with E-state index in [4.69, 9.17) is 0 Å². The first-order valence-electron chi connectivity index (χ1n) is 5.19. The zero-order valence-electron chi connectivity index (χ0n) is 9.42. The topological polar surface area (TPSA) is 70.2 Å². The molecule has 0 aliphatic heterocycles. The summed E-state index contributed by atoms with van der Waals surface area (Å²) in [7, 11) is 0. The van der Waals surface area contributed by atoms with Crippen molar-refractivity contribution in [3.8, 4) is 0 Å². The van der Waals surface area contributed by atoms with Crippen LogP contribution in [0.2, 0.25) is 0 Å². The monoisotopic (exact) mass is 239 g/mol. The first-order valence-corrected chi connectivity index (χ1v) is 5.19. The number of rotatable bonds is 4. The van der Waals surface area contributed by atoms with Crippen LogP contribution in [0.1, 0.15) is 6.92 Å². The lowest BCUT2D eigenvalue weighted by Gasteiger charge is -2.07. The Kier molecular flexibility index (Phi) is 4.93. The molecule has 0 bridgehead atoms. The van der Waals surface area contributed by atoms with E-state index in [2.05, 4.69) is 16.0 Å². The van der Waals surface area contributed by atoms with Gasteiger partial charge in [0.25, 0.3) is 0 Å². The van der Waals surface area contributed by atoms with E-state index in [1.54, 1.807) is 13.0 Å². The van der Waals surface area contributed by atoms with Crippen LogP contribution < -0.4 is 16.0 Å². The van der Waals surface area contributed by atoms with Crippen LogP contribution in [0.5, 0.6) is 0 Å². The Bertz CT molecular complexity index is 409. The highest BCUT2D eigenvalue weighted by Crippen LogP contribution is 2.07. The molecule has 0 aliphatic carbocycles. The summed E-state index contributed by atoms with van der Waals surface area (Å²) >= 11 is 0. The number of carbonyl (C=O) groups is 2. The van der Waals surface area contributed by atoms with Crippen LogP contribution >= 0.6 is 0 Å². The van der Waals surface area contributed by atoms with Crippen molar-refractivity contribution in [1.82, 2.24) is 10.6 Å². The number of hydrogen-bond acceptors (Lipinski definition) is 3. The van der Waals surface area contributed by atoms with Crippen molar-refractivity contribution in [2.24, 2.45) is 0 Å². The zero-order chi connectivity index (χ0) is 12.7. The predicted molar refractivity (Wildman–Crippen MR) is 62.1 cm³/mol. The summed E-state index contributed by atoms with van der Waals surface area (Å²) in [5.41, 5.74) is 0.482. The van der Waals surface area contributed by atoms with Crippen LogP contribution in [0.3, 0.4) is 0 Å². The van der Waals surface area contributed by atoms with Gasteiger partial charge >= 0.3 is 6.03 Å². The first kappa shape index (κ1) is 13.0. The molecule has 0 fully saturated rings. The molecule has 0 spiro atoms. The Morgan fingerprint density at radius 1 is 1.35 bits per heavy atom. The lowest BCUT2D eigenvalue weighted by molar-refractivity contribution is -0.118. The van der Waals surface area contributed by atoms with Crippen molar-refractivity contribution < 1.29 is 14.0 Å². The van der Waals surface area contributed by atoms with Gasteiger partial charge in [0.15, 0.2) is 0 Å². The molecule has 3 amide bonds. The van der Waals surface area contributed by atoms with E-state index >= 15 is 0 Å². The number of nitrogens with one attached hydrogen (secondary N) is 3. The number of amides is 3. The average Bonchev–Trinajstić information content (AvgIpc) is 2.27. The molecule has 0 radical (unpaired) electrons. The molecular formula is C11H14FN3O2. The van der Waals surface area contributed by atoms with Crippen LogP contribution in [0.25, 0.3) is 0 Å². The molecule has 0 aromatic heterocycles. The first-order chi connectivity index (χ1) is 8.11. The van der Waals surface area contributed by atoms with E-state index in [1.807, 2.05) is 0 Å². The fourth-order valence-electron chi connectivity index (χ4n) is 1.16. The molecule has 0 unspecified atom stereocenters. The van der Waals surface area contributed by atoms with Crippen molar-refractivity contribution in [3.63, 3.8) is 0 Å². The van der Waals surface area contributed by atoms with E-state index in [9.17, 15) is 14.0 Å². The van der Waals surface area contributed by atoms with Crippen molar-refractivity contribution >= 4 is 17.6 Å². The van der Waals surface area contributed by atoms with Gasteiger partial charge in [0.05, 0.1) is 6.54 Å². The molecule has 0 saturated carbocycles. The molecule has 5 nitrogen and oxygen atoms in total. The quantitative estimate of drug-likeness (QED) is 0.736. The van der Waals surface area contributed by atoms with Gasteiger partial charge in [-0.05, 0) is 25.1 Å². The molecule has 1 aromatic carbocycles. The smallest absolute Gasteiger partial charge is 0.321 e. The number of halogens is 1. The third kappa shape index (κ3) is 4.96. The van der Waals surface area contributed by atoms with Gasteiger partial charge in [-0.15, -0.1) is 0 Å². The van der Waals surface area contributed by atoms with Crippen LogP contribution in [-0.4, -0.2) is 25.0 Å². The summed E-state index contributed by atoms with van der Waals surface area (Å²) in [6.45, 7) is 2.09.